The molecular formula is C15H18F6. The van der Waals surface area contributed by atoms with E-state index < -0.39 is 28.9 Å². The van der Waals surface area contributed by atoms with Crippen LogP contribution in [0.5, 0.6) is 0 Å². The summed E-state index contributed by atoms with van der Waals surface area (Å²) in [5, 5.41) is 0. The van der Waals surface area contributed by atoms with Gasteiger partial charge in [-0.15, -0.1) is 0 Å². The molecule has 1 aliphatic carbocycles. The summed E-state index contributed by atoms with van der Waals surface area (Å²) in [6.07, 6.45) is -8.94. The van der Waals surface area contributed by atoms with E-state index in [2.05, 4.69) is 0 Å². The fourth-order valence-electron chi connectivity index (χ4n) is 2.26. The second kappa shape index (κ2) is 5.54. The van der Waals surface area contributed by atoms with Crippen molar-refractivity contribution >= 4 is 0 Å². The van der Waals surface area contributed by atoms with Crippen molar-refractivity contribution in [3.8, 4) is 0 Å². The Hall–Kier alpha value is -1.20. The predicted molar refractivity (Wildman–Crippen MR) is 68.9 cm³/mol. The molecule has 1 aliphatic rings. The van der Waals surface area contributed by atoms with Crippen LogP contribution in [0.25, 0.3) is 0 Å². The van der Waals surface area contributed by atoms with Crippen LogP contribution in [0.15, 0.2) is 18.2 Å². The molecule has 0 amide bonds. The maximum atomic E-state index is 12.7. The van der Waals surface area contributed by atoms with Gasteiger partial charge in [-0.25, -0.2) is 0 Å². The van der Waals surface area contributed by atoms with Gasteiger partial charge in [0.1, 0.15) is 0 Å². The van der Waals surface area contributed by atoms with Crippen LogP contribution in [0.3, 0.4) is 0 Å². The molecule has 0 aliphatic heterocycles. The average Bonchev–Trinajstić information content (AvgIpc) is 2.98. The standard InChI is InChI=1S/C13H12F6.C2H6/c1-7-6-11(7,2)8-3-9(12(14,15)16)5-10(4-8)13(17,18)19;1-2/h3-5,7H,6H2,1-2H3;1-2H3. The van der Waals surface area contributed by atoms with E-state index in [1.165, 1.54) is 0 Å². The van der Waals surface area contributed by atoms with Crippen molar-refractivity contribution in [3.05, 3.63) is 34.9 Å². The Morgan fingerprint density at radius 2 is 1.24 bits per heavy atom. The molecule has 0 heterocycles. The Kier molecular flexibility index (Phi) is 4.71. The average molecular weight is 312 g/mol. The number of halogens is 6. The largest absolute Gasteiger partial charge is 0.416 e. The van der Waals surface area contributed by atoms with Crippen molar-refractivity contribution in [1.82, 2.24) is 0 Å². The maximum Gasteiger partial charge on any atom is 0.416 e. The summed E-state index contributed by atoms with van der Waals surface area (Å²) >= 11 is 0. The Morgan fingerprint density at radius 1 is 0.905 bits per heavy atom. The van der Waals surface area contributed by atoms with Crippen LogP contribution in [0.2, 0.25) is 0 Å². The summed E-state index contributed by atoms with van der Waals surface area (Å²) < 4.78 is 76.0. The first-order valence-corrected chi connectivity index (χ1v) is 6.74. The molecule has 0 bridgehead atoms. The zero-order valence-corrected chi connectivity index (χ0v) is 12.3. The lowest BCUT2D eigenvalue weighted by molar-refractivity contribution is -0.143. The van der Waals surface area contributed by atoms with Crippen molar-refractivity contribution < 1.29 is 26.3 Å². The van der Waals surface area contributed by atoms with Gasteiger partial charge >= 0.3 is 12.4 Å². The molecule has 6 heteroatoms. The van der Waals surface area contributed by atoms with Crippen LogP contribution in [-0.2, 0) is 17.8 Å². The van der Waals surface area contributed by atoms with E-state index >= 15 is 0 Å². The smallest absolute Gasteiger partial charge is 0.166 e. The zero-order chi connectivity index (χ0) is 16.6. The number of benzene rings is 1. The summed E-state index contributed by atoms with van der Waals surface area (Å²) in [5.41, 5.74) is -2.95. The highest BCUT2D eigenvalue weighted by Gasteiger charge is 2.49. The molecule has 0 radical (unpaired) electrons. The Morgan fingerprint density at radius 3 is 1.48 bits per heavy atom. The van der Waals surface area contributed by atoms with Gasteiger partial charge in [0.15, 0.2) is 0 Å². The lowest BCUT2D eigenvalue weighted by Crippen LogP contribution is -2.14. The molecule has 1 aromatic carbocycles. The number of alkyl halides is 6. The molecule has 1 fully saturated rings. The molecule has 0 nitrogen and oxygen atoms in total. The number of rotatable bonds is 1. The highest BCUT2D eigenvalue weighted by atomic mass is 19.4. The third-order valence-corrected chi connectivity index (χ3v) is 3.90. The van der Waals surface area contributed by atoms with Crippen molar-refractivity contribution in [1.29, 1.82) is 0 Å². The van der Waals surface area contributed by atoms with Crippen molar-refractivity contribution in [3.63, 3.8) is 0 Å². The lowest BCUT2D eigenvalue weighted by atomic mass is 9.92. The molecule has 2 rings (SSSR count). The van der Waals surface area contributed by atoms with E-state index in [4.69, 9.17) is 0 Å². The molecule has 0 aromatic heterocycles. The normalized spacial score (nSPS) is 25.1. The van der Waals surface area contributed by atoms with E-state index in [1.807, 2.05) is 20.8 Å². The minimum atomic E-state index is -4.77. The van der Waals surface area contributed by atoms with Crippen LogP contribution < -0.4 is 0 Å². The molecule has 0 spiro atoms. The Bertz CT molecular complexity index is 468. The maximum absolute atomic E-state index is 12.7. The molecule has 0 N–H and O–H groups in total. The van der Waals surface area contributed by atoms with Crippen LogP contribution in [0, 0.1) is 5.92 Å². The quantitative estimate of drug-likeness (QED) is 0.554. The Balaban J connectivity index is 0.00000106. The van der Waals surface area contributed by atoms with Crippen molar-refractivity contribution in [2.24, 2.45) is 5.92 Å². The highest BCUT2D eigenvalue weighted by Crippen LogP contribution is 2.54. The van der Waals surface area contributed by atoms with Crippen LogP contribution in [0.4, 0.5) is 26.3 Å². The van der Waals surface area contributed by atoms with Crippen molar-refractivity contribution in [2.45, 2.75) is 51.9 Å². The first-order valence-electron chi connectivity index (χ1n) is 6.74. The van der Waals surface area contributed by atoms with Gasteiger partial charge in [0.05, 0.1) is 11.1 Å². The van der Waals surface area contributed by atoms with E-state index in [9.17, 15) is 26.3 Å². The SMILES string of the molecule is CC.CC1CC1(C)c1cc(C(F)(F)F)cc(C(F)(F)F)c1. The summed E-state index contributed by atoms with van der Waals surface area (Å²) in [5.74, 6) is 0.0945. The molecule has 120 valence electrons. The topological polar surface area (TPSA) is 0 Å². The predicted octanol–water partition coefficient (Wildman–Crippen LogP) is 6.05. The molecule has 1 saturated carbocycles. The minimum absolute atomic E-state index is 0.0945. The first-order chi connectivity index (χ1) is 9.44. The third-order valence-electron chi connectivity index (χ3n) is 3.90. The van der Waals surface area contributed by atoms with Crippen LogP contribution >= 0.6 is 0 Å². The summed E-state index contributed by atoms with van der Waals surface area (Å²) in [6, 6.07) is 1.83. The van der Waals surface area contributed by atoms with E-state index in [0.717, 1.165) is 12.1 Å². The van der Waals surface area contributed by atoms with E-state index in [-0.39, 0.29) is 17.5 Å². The summed E-state index contributed by atoms with van der Waals surface area (Å²) in [7, 11) is 0. The molecular weight excluding hydrogens is 294 g/mol. The Labute approximate surface area is 120 Å². The van der Waals surface area contributed by atoms with Crippen LogP contribution in [0.1, 0.15) is 50.8 Å². The second-order valence-electron chi connectivity index (χ2n) is 5.32. The van der Waals surface area contributed by atoms with Gasteiger partial charge in [0, 0.05) is 0 Å². The van der Waals surface area contributed by atoms with E-state index in [0.29, 0.717) is 6.42 Å². The monoisotopic (exact) mass is 312 g/mol. The fraction of sp³-hybridized carbons (Fsp3) is 0.600. The second-order valence-corrected chi connectivity index (χ2v) is 5.32. The van der Waals surface area contributed by atoms with Crippen LogP contribution in [-0.4, -0.2) is 0 Å². The lowest BCUT2D eigenvalue weighted by Gasteiger charge is -2.17. The first kappa shape index (κ1) is 17.9. The van der Waals surface area contributed by atoms with Crippen molar-refractivity contribution in [2.75, 3.05) is 0 Å². The molecule has 2 atom stereocenters. The zero-order valence-electron chi connectivity index (χ0n) is 12.3. The van der Waals surface area contributed by atoms with Gasteiger partial charge in [-0.2, -0.15) is 26.3 Å². The molecule has 2 unspecified atom stereocenters. The van der Waals surface area contributed by atoms with E-state index in [1.54, 1.807) is 6.92 Å². The third kappa shape index (κ3) is 3.71. The molecule has 1 aromatic rings. The summed E-state index contributed by atoms with van der Waals surface area (Å²) in [4.78, 5) is 0. The minimum Gasteiger partial charge on any atom is -0.166 e. The summed E-state index contributed by atoms with van der Waals surface area (Å²) in [6.45, 7) is 7.50. The van der Waals surface area contributed by atoms with Gasteiger partial charge in [0.25, 0.3) is 0 Å². The number of hydrogen-bond acceptors (Lipinski definition) is 0. The van der Waals surface area contributed by atoms with Gasteiger partial charge in [-0.1, -0.05) is 27.7 Å². The van der Waals surface area contributed by atoms with Gasteiger partial charge in [0.2, 0.25) is 0 Å². The highest BCUT2D eigenvalue weighted by molar-refractivity contribution is 5.41. The fourth-order valence-corrected chi connectivity index (χ4v) is 2.26. The molecule has 0 saturated heterocycles. The number of hydrogen-bond donors (Lipinski definition) is 0. The molecule has 21 heavy (non-hydrogen) atoms. The van der Waals surface area contributed by atoms with Gasteiger partial charge < -0.3 is 0 Å². The van der Waals surface area contributed by atoms with Gasteiger partial charge in [-0.05, 0) is 41.5 Å². The van der Waals surface area contributed by atoms with Gasteiger partial charge in [-0.3, -0.25) is 0 Å².